The van der Waals surface area contributed by atoms with Gasteiger partial charge in [-0.05, 0) is 17.3 Å². The van der Waals surface area contributed by atoms with Crippen LogP contribution in [0.1, 0.15) is 32.1 Å². The average molecular weight is 344 g/mol. The minimum atomic E-state index is -0.823. The third-order valence-corrected chi connectivity index (χ3v) is 2.77. The molecular formula is C11H21IO4. The van der Waals surface area contributed by atoms with Gasteiger partial charge in [0.05, 0.1) is 26.2 Å². The van der Waals surface area contributed by atoms with Crippen LogP contribution >= 0.6 is 22.6 Å². The van der Waals surface area contributed by atoms with Crippen LogP contribution in [-0.4, -0.2) is 41.9 Å². The molecule has 0 spiro atoms. The second kappa shape index (κ2) is 13.2. The Morgan fingerprint density at radius 1 is 0.938 bits per heavy atom. The van der Waals surface area contributed by atoms with Gasteiger partial charge in [0.1, 0.15) is 0 Å². The van der Waals surface area contributed by atoms with Gasteiger partial charge in [-0.2, -0.15) is 0 Å². The molecule has 0 rings (SSSR count). The topological polar surface area (TPSA) is 55.8 Å². The third-order valence-electron chi connectivity index (χ3n) is 2.00. The second-order valence-corrected chi connectivity index (χ2v) is 4.55. The standard InChI is InChI=1S/C11H21IO4/c12-6-3-1-2-4-7-15-9-10-16-8-5-11(13)14/h1-10H2,(H,13,14). The molecule has 0 amide bonds. The van der Waals surface area contributed by atoms with Crippen LogP contribution in [0.5, 0.6) is 0 Å². The molecule has 96 valence electrons. The lowest BCUT2D eigenvalue weighted by Crippen LogP contribution is -2.08. The molecule has 0 bridgehead atoms. The molecule has 0 fully saturated rings. The fourth-order valence-corrected chi connectivity index (χ4v) is 1.67. The van der Waals surface area contributed by atoms with Crippen LogP contribution in [0.15, 0.2) is 0 Å². The van der Waals surface area contributed by atoms with Crippen LogP contribution < -0.4 is 0 Å². The van der Waals surface area contributed by atoms with Crippen molar-refractivity contribution in [2.75, 3.05) is 30.9 Å². The number of unbranched alkanes of at least 4 members (excludes halogenated alkanes) is 3. The van der Waals surface area contributed by atoms with Gasteiger partial charge in [0.15, 0.2) is 0 Å². The Balaban J connectivity index is 2.90. The maximum Gasteiger partial charge on any atom is 0.305 e. The lowest BCUT2D eigenvalue weighted by atomic mass is 10.2. The van der Waals surface area contributed by atoms with E-state index in [1.165, 1.54) is 23.7 Å². The maximum atomic E-state index is 10.1. The second-order valence-electron chi connectivity index (χ2n) is 3.47. The number of hydrogen-bond donors (Lipinski definition) is 1. The summed E-state index contributed by atoms with van der Waals surface area (Å²) in [6, 6.07) is 0. The normalized spacial score (nSPS) is 10.6. The van der Waals surface area contributed by atoms with Crippen molar-refractivity contribution in [3.05, 3.63) is 0 Å². The third kappa shape index (κ3) is 14.1. The first-order chi connectivity index (χ1) is 7.77. The largest absolute Gasteiger partial charge is 0.481 e. The quantitative estimate of drug-likeness (QED) is 0.336. The number of carboxylic acids is 1. The van der Waals surface area contributed by atoms with E-state index in [0.717, 1.165) is 13.0 Å². The molecule has 0 atom stereocenters. The summed E-state index contributed by atoms with van der Waals surface area (Å²) in [4.78, 5) is 10.1. The van der Waals surface area contributed by atoms with Crippen LogP contribution in [0, 0.1) is 0 Å². The minimum absolute atomic E-state index is 0.0658. The van der Waals surface area contributed by atoms with Crippen molar-refractivity contribution in [1.82, 2.24) is 0 Å². The molecular weight excluding hydrogens is 323 g/mol. The van der Waals surface area contributed by atoms with Crippen molar-refractivity contribution in [1.29, 1.82) is 0 Å². The van der Waals surface area contributed by atoms with Gasteiger partial charge < -0.3 is 14.6 Å². The van der Waals surface area contributed by atoms with Crippen molar-refractivity contribution in [3.8, 4) is 0 Å². The van der Waals surface area contributed by atoms with E-state index in [1.807, 2.05) is 0 Å². The van der Waals surface area contributed by atoms with E-state index in [1.54, 1.807) is 0 Å². The number of halogens is 1. The smallest absolute Gasteiger partial charge is 0.305 e. The van der Waals surface area contributed by atoms with Crippen LogP contribution in [0.2, 0.25) is 0 Å². The molecule has 0 aromatic heterocycles. The highest BCUT2D eigenvalue weighted by atomic mass is 127. The Bertz CT molecular complexity index is 164. The Labute approximate surface area is 111 Å². The van der Waals surface area contributed by atoms with E-state index >= 15 is 0 Å². The first-order valence-electron chi connectivity index (χ1n) is 5.70. The fourth-order valence-electron chi connectivity index (χ4n) is 1.13. The van der Waals surface area contributed by atoms with Gasteiger partial charge in [0, 0.05) is 6.61 Å². The number of carbonyl (C=O) groups is 1. The van der Waals surface area contributed by atoms with Crippen molar-refractivity contribution in [2.24, 2.45) is 0 Å². The SMILES string of the molecule is O=C(O)CCOCCOCCCCCCI. The molecule has 16 heavy (non-hydrogen) atoms. The number of carboxylic acid groups (broad SMARTS) is 1. The van der Waals surface area contributed by atoms with E-state index in [9.17, 15) is 4.79 Å². The Kier molecular flexibility index (Phi) is 13.3. The van der Waals surface area contributed by atoms with E-state index in [2.05, 4.69) is 22.6 Å². The van der Waals surface area contributed by atoms with Crippen LogP contribution in [0.3, 0.4) is 0 Å². The van der Waals surface area contributed by atoms with E-state index in [0.29, 0.717) is 13.2 Å². The van der Waals surface area contributed by atoms with Crippen molar-refractivity contribution < 1.29 is 19.4 Å². The van der Waals surface area contributed by atoms with Crippen molar-refractivity contribution in [2.45, 2.75) is 32.1 Å². The van der Waals surface area contributed by atoms with Crippen LogP contribution in [-0.2, 0) is 14.3 Å². The molecule has 0 aromatic rings. The van der Waals surface area contributed by atoms with Gasteiger partial charge in [-0.1, -0.05) is 35.4 Å². The molecule has 0 aromatic carbocycles. The molecule has 0 saturated heterocycles. The zero-order chi connectivity index (χ0) is 12.1. The van der Waals surface area contributed by atoms with Gasteiger partial charge >= 0.3 is 5.97 Å². The Morgan fingerprint density at radius 2 is 1.56 bits per heavy atom. The molecule has 0 unspecified atom stereocenters. The molecule has 0 aliphatic rings. The van der Waals surface area contributed by atoms with Crippen molar-refractivity contribution >= 4 is 28.6 Å². The minimum Gasteiger partial charge on any atom is -0.481 e. The van der Waals surface area contributed by atoms with E-state index < -0.39 is 5.97 Å². The van der Waals surface area contributed by atoms with E-state index in [4.69, 9.17) is 14.6 Å². The molecule has 0 aliphatic heterocycles. The molecule has 1 N–H and O–H groups in total. The highest BCUT2D eigenvalue weighted by Gasteiger charge is 1.96. The predicted molar refractivity (Wildman–Crippen MR) is 71.2 cm³/mol. The highest BCUT2D eigenvalue weighted by molar-refractivity contribution is 14.1. The van der Waals surface area contributed by atoms with Gasteiger partial charge in [0.2, 0.25) is 0 Å². The lowest BCUT2D eigenvalue weighted by Gasteiger charge is -2.04. The number of aliphatic carboxylic acids is 1. The molecule has 0 aliphatic carbocycles. The highest BCUT2D eigenvalue weighted by Crippen LogP contribution is 2.02. The monoisotopic (exact) mass is 344 g/mol. The summed E-state index contributed by atoms with van der Waals surface area (Å²) < 4.78 is 11.7. The van der Waals surface area contributed by atoms with Gasteiger partial charge in [0.25, 0.3) is 0 Å². The summed E-state index contributed by atoms with van der Waals surface area (Å²) in [6.45, 7) is 2.10. The molecule has 0 radical (unpaired) electrons. The molecule has 0 saturated carbocycles. The Hall–Kier alpha value is 0.120. The molecule has 5 heteroatoms. The molecule has 4 nitrogen and oxygen atoms in total. The first-order valence-corrected chi connectivity index (χ1v) is 7.23. The summed E-state index contributed by atoms with van der Waals surface area (Å²) in [5, 5.41) is 8.35. The Morgan fingerprint density at radius 3 is 2.19 bits per heavy atom. The fraction of sp³-hybridized carbons (Fsp3) is 0.909. The van der Waals surface area contributed by atoms with Gasteiger partial charge in [-0.3, -0.25) is 4.79 Å². The number of hydrogen-bond acceptors (Lipinski definition) is 3. The van der Waals surface area contributed by atoms with Crippen molar-refractivity contribution in [3.63, 3.8) is 0 Å². The summed E-state index contributed by atoms with van der Waals surface area (Å²) in [6.07, 6.45) is 4.96. The predicted octanol–water partition coefficient (Wildman–Crippen LogP) is 2.49. The average Bonchev–Trinajstić information content (AvgIpc) is 2.25. The number of alkyl halides is 1. The number of rotatable bonds is 12. The first kappa shape index (κ1) is 16.1. The van der Waals surface area contributed by atoms with Gasteiger partial charge in [-0.15, -0.1) is 0 Å². The summed E-state index contributed by atoms with van der Waals surface area (Å²) in [5.41, 5.74) is 0. The molecule has 0 heterocycles. The van der Waals surface area contributed by atoms with Crippen LogP contribution in [0.25, 0.3) is 0 Å². The summed E-state index contributed by atoms with van der Waals surface area (Å²) >= 11 is 2.39. The summed E-state index contributed by atoms with van der Waals surface area (Å²) in [5.74, 6) is -0.823. The summed E-state index contributed by atoms with van der Waals surface area (Å²) in [7, 11) is 0. The lowest BCUT2D eigenvalue weighted by molar-refractivity contribution is -0.138. The zero-order valence-electron chi connectivity index (χ0n) is 9.62. The zero-order valence-corrected chi connectivity index (χ0v) is 11.8. The number of ether oxygens (including phenoxy) is 2. The maximum absolute atomic E-state index is 10.1. The van der Waals surface area contributed by atoms with E-state index in [-0.39, 0.29) is 13.0 Å². The van der Waals surface area contributed by atoms with Gasteiger partial charge in [-0.25, -0.2) is 0 Å². The van der Waals surface area contributed by atoms with Crippen LogP contribution in [0.4, 0.5) is 0 Å².